The third kappa shape index (κ3) is 6.40. The first-order valence-electron chi connectivity index (χ1n) is 15.7. The van der Waals surface area contributed by atoms with Gasteiger partial charge in [0, 0.05) is 50.9 Å². The Bertz CT molecular complexity index is 2140. The van der Waals surface area contributed by atoms with Crippen LogP contribution in [0.4, 0.5) is 13.2 Å². The number of aromatic amines is 1. The Morgan fingerprint density at radius 2 is 1.84 bits per heavy atom. The summed E-state index contributed by atoms with van der Waals surface area (Å²) in [4.78, 5) is 34.6. The fraction of sp³-hybridized carbons (Fsp3) is 0.324. The molecule has 6 aromatic rings. The molecule has 1 N–H and O–H groups in total. The van der Waals surface area contributed by atoms with Crippen LogP contribution in [0.5, 0.6) is 11.6 Å². The number of imidazole rings is 2. The summed E-state index contributed by atoms with van der Waals surface area (Å²) >= 11 is 0. The van der Waals surface area contributed by atoms with Crippen molar-refractivity contribution in [3.63, 3.8) is 0 Å². The summed E-state index contributed by atoms with van der Waals surface area (Å²) in [5, 5.41) is 5.41. The lowest BCUT2D eigenvalue weighted by molar-refractivity contribution is -0.148. The van der Waals surface area contributed by atoms with E-state index in [1.165, 1.54) is 25.3 Å². The minimum atomic E-state index is -4.78. The molecular formula is C34H34F3N9O3. The van der Waals surface area contributed by atoms with Gasteiger partial charge in [-0.25, -0.2) is 15.0 Å². The molecule has 1 aliphatic heterocycles. The Kier molecular flexibility index (Phi) is 8.44. The van der Waals surface area contributed by atoms with Crippen molar-refractivity contribution in [2.75, 3.05) is 33.9 Å². The SMILES string of the molecule is COc1ccc2nc(C(F)(F)F)n(CC(=O)N3CCN(Cc4ccn(C)n4)CCC3c3ncc(-c4cc5ccccc5nc4OC)[nH]3)c2c1. The van der Waals surface area contributed by atoms with Crippen LogP contribution in [0.3, 0.4) is 0 Å². The number of alkyl halides is 3. The van der Waals surface area contributed by atoms with Crippen LogP contribution < -0.4 is 9.47 Å². The average Bonchev–Trinajstić information content (AvgIpc) is 3.80. The first-order chi connectivity index (χ1) is 23.6. The van der Waals surface area contributed by atoms with E-state index in [0.29, 0.717) is 54.8 Å². The zero-order chi connectivity index (χ0) is 34.3. The number of methoxy groups -OCH3 is 2. The smallest absolute Gasteiger partial charge is 0.449 e. The topological polar surface area (TPSA) is 119 Å². The van der Waals surface area contributed by atoms with Crippen molar-refractivity contribution < 1.29 is 27.4 Å². The van der Waals surface area contributed by atoms with Crippen molar-refractivity contribution >= 4 is 27.8 Å². The largest absolute Gasteiger partial charge is 0.497 e. The van der Waals surface area contributed by atoms with Crippen LogP contribution >= 0.6 is 0 Å². The van der Waals surface area contributed by atoms with Crippen LogP contribution in [0.25, 0.3) is 33.2 Å². The maximum absolute atomic E-state index is 14.3. The van der Waals surface area contributed by atoms with E-state index in [1.807, 2.05) is 49.6 Å². The number of nitrogens with zero attached hydrogens (tertiary/aromatic N) is 8. The number of fused-ring (bicyclic) bond motifs is 2. The molecule has 2 aromatic carbocycles. The number of H-pyrrole nitrogens is 1. The number of aryl methyl sites for hydroxylation is 1. The normalized spacial score (nSPS) is 16.0. The molecule has 1 unspecified atom stereocenters. The maximum Gasteiger partial charge on any atom is 0.449 e. The van der Waals surface area contributed by atoms with Crippen LogP contribution in [-0.4, -0.2) is 83.8 Å². The van der Waals surface area contributed by atoms with Gasteiger partial charge in [-0.15, -0.1) is 0 Å². The predicted molar refractivity (Wildman–Crippen MR) is 175 cm³/mol. The molecular weight excluding hydrogens is 639 g/mol. The highest BCUT2D eigenvalue weighted by Gasteiger charge is 2.39. The molecule has 12 nitrogen and oxygen atoms in total. The van der Waals surface area contributed by atoms with Crippen LogP contribution in [0.2, 0.25) is 0 Å². The number of nitrogens with one attached hydrogen (secondary N) is 1. The van der Waals surface area contributed by atoms with Gasteiger partial charge in [0.15, 0.2) is 0 Å². The maximum atomic E-state index is 14.3. The number of para-hydroxylation sites is 1. The molecule has 15 heteroatoms. The number of hydrogen-bond donors (Lipinski definition) is 1. The number of ether oxygens (including phenoxy) is 2. The highest BCUT2D eigenvalue weighted by Crippen LogP contribution is 2.35. The minimum absolute atomic E-state index is 0.114. The molecule has 5 heterocycles. The second-order valence-electron chi connectivity index (χ2n) is 11.9. The quantitative estimate of drug-likeness (QED) is 0.234. The summed E-state index contributed by atoms with van der Waals surface area (Å²) in [7, 11) is 4.82. The molecule has 0 aliphatic carbocycles. The van der Waals surface area contributed by atoms with Crippen LogP contribution in [0, 0.1) is 0 Å². The molecule has 4 aromatic heterocycles. The lowest BCUT2D eigenvalue weighted by Gasteiger charge is -2.29. The van der Waals surface area contributed by atoms with Gasteiger partial charge in [0.1, 0.15) is 18.1 Å². The predicted octanol–water partition coefficient (Wildman–Crippen LogP) is 5.22. The van der Waals surface area contributed by atoms with Gasteiger partial charge < -0.3 is 23.9 Å². The fourth-order valence-electron chi connectivity index (χ4n) is 6.42. The van der Waals surface area contributed by atoms with Crippen molar-refractivity contribution in [1.29, 1.82) is 0 Å². The number of hydrogen-bond acceptors (Lipinski definition) is 8. The summed E-state index contributed by atoms with van der Waals surface area (Å²) in [5.74, 6) is -0.379. The molecule has 7 rings (SSSR count). The lowest BCUT2D eigenvalue weighted by atomic mass is 10.1. The van der Waals surface area contributed by atoms with Gasteiger partial charge >= 0.3 is 6.18 Å². The summed E-state index contributed by atoms with van der Waals surface area (Å²) in [6.45, 7) is 1.32. The van der Waals surface area contributed by atoms with Gasteiger partial charge in [0.05, 0.1) is 60.0 Å². The van der Waals surface area contributed by atoms with Gasteiger partial charge in [0.2, 0.25) is 17.6 Å². The molecule has 0 saturated carbocycles. The zero-order valence-corrected chi connectivity index (χ0v) is 27.1. The molecule has 1 fully saturated rings. The summed E-state index contributed by atoms with van der Waals surface area (Å²) < 4.78 is 56.3. The van der Waals surface area contributed by atoms with E-state index in [2.05, 4.69) is 25.0 Å². The number of aromatic nitrogens is 7. The number of rotatable bonds is 8. The summed E-state index contributed by atoms with van der Waals surface area (Å²) in [6.07, 6.45) is -0.772. The molecule has 1 amide bonds. The van der Waals surface area contributed by atoms with Gasteiger partial charge in [-0.05, 0) is 36.8 Å². The molecule has 0 spiro atoms. The number of benzene rings is 2. The second-order valence-corrected chi connectivity index (χ2v) is 11.9. The number of carbonyl (C=O) groups is 1. The Morgan fingerprint density at radius 1 is 1.00 bits per heavy atom. The molecule has 1 aliphatic rings. The van der Waals surface area contributed by atoms with E-state index in [1.54, 1.807) is 22.9 Å². The molecule has 0 radical (unpaired) electrons. The minimum Gasteiger partial charge on any atom is -0.497 e. The van der Waals surface area contributed by atoms with Crippen molar-refractivity contribution in [2.45, 2.75) is 31.7 Å². The Hall–Kier alpha value is -5.44. The van der Waals surface area contributed by atoms with E-state index >= 15 is 0 Å². The van der Waals surface area contributed by atoms with Crippen LogP contribution in [0.1, 0.15) is 29.8 Å². The number of pyridine rings is 1. The molecule has 0 bridgehead atoms. The van der Waals surface area contributed by atoms with Crippen LogP contribution in [0.15, 0.2) is 67.0 Å². The van der Waals surface area contributed by atoms with Crippen molar-refractivity contribution in [1.82, 2.24) is 44.1 Å². The fourth-order valence-corrected chi connectivity index (χ4v) is 6.42. The molecule has 1 atom stereocenters. The van der Waals surface area contributed by atoms with Crippen molar-refractivity contribution in [2.24, 2.45) is 7.05 Å². The second kappa shape index (κ2) is 12.9. The monoisotopic (exact) mass is 673 g/mol. The van der Waals surface area contributed by atoms with E-state index in [9.17, 15) is 18.0 Å². The lowest BCUT2D eigenvalue weighted by Crippen LogP contribution is -2.39. The van der Waals surface area contributed by atoms with Gasteiger partial charge in [-0.2, -0.15) is 18.3 Å². The Morgan fingerprint density at radius 3 is 2.59 bits per heavy atom. The third-order valence-electron chi connectivity index (χ3n) is 8.81. The van der Waals surface area contributed by atoms with E-state index < -0.39 is 30.5 Å². The van der Waals surface area contributed by atoms with Crippen LogP contribution in [-0.2, 0) is 31.1 Å². The molecule has 49 heavy (non-hydrogen) atoms. The highest BCUT2D eigenvalue weighted by molar-refractivity contribution is 5.85. The van der Waals surface area contributed by atoms with Gasteiger partial charge in [0.25, 0.3) is 0 Å². The van der Waals surface area contributed by atoms with E-state index in [0.717, 1.165) is 21.2 Å². The van der Waals surface area contributed by atoms with E-state index in [4.69, 9.17) is 14.5 Å². The number of amides is 1. The van der Waals surface area contributed by atoms with Crippen molar-refractivity contribution in [3.8, 4) is 22.9 Å². The highest BCUT2D eigenvalue weighted by atomic mass is 19.4. The zero-order valence-electron chi connectivity index (χ0n) is 27.1. The van der Waals surface area contributed by atoms with E-state index in [-0.39, 0.29) is 17.6 Å². The van der Waals surface area contributed by atoms with Gasteiger partial charge in [-0.1, -0.05) is 18.2 Å². The standard InChI is InChI=1S/C34H34F3N9O3/c1-43-12-10-22(42-43)19-44-13-11-28(31-38-18-27(39-31)24-16-21-6-4-5-7-25(21)40-32(24)49-3)45(15-14-44)30(47)20-46-29-17-23(48-2)8-9-26(29)41-33(46)34(35,36)37/h4-10,12,16-18,28H,11,13-15,19-20H2,1-3H3,(H,38,39). The Labute approximate surface area is 279 Å². The summed E-state index contributed by atoms with van der Waals surface area (Å²) in [6, 6.07) is 15.5. The third-order valence-corrected chi connectivity index (χ3v) is 8.81. The molecule has 254 valence electrons. The van der Waals surface area contributed by atoms with Crippen molar-refractivity contribution in [3.05, 3.63) is 84.3 Å². The molecule has 1 saturated heterocycles. The first kappa shape index (κ1) is 32.1. The number of halogens is 3. The summed E-state index contributed by atoms with van der Waals surface area (Å²) in [5.41, 5.74) is 3.25. The number of carbonyl (C=O) groups excluding carboxylic acids is 1. The van der Waals surface area contributed by atoms with Gasteiger partial charge in [-0.3, -0.25) is 14.4 Å². The average molecular weight is 674 g/mol. The Balaban J connectivity index is 1.24. The first-order valence-corrected chi connectivity index (χ1v) is 15.7.